The predicted octanol–water partition coefficient (Wildman–Crippen LogP) is 2.47. The first-order chi connectivity index (χ1) is 11.7. The number of fused-ring (bicyclic) bond motifs is 1. The van der Waals surface area contributed by atoms with Crippen LogP contribution in [0.15, 0.2) is 36.9 Å². The third kappa shape index (κ3) is 2.36. The van der Waals surface area contributed by atoms with Gasteiger partial charge in [0, 0.05) is 12.5 Å². The zero-order valence-electron chi connectivity index (χ0n) is 13.8. The highest BCUT2D eigenvalue weighted by Crippen LogP contribution is 2.61. The number of hydrogen-bond acceptors (Lipinski definition) is 4. The lowest BCUT2D eigenvalue weighted by Gasteiger charge is -2.57. The Morgan fingerprint density at radius 2 is 2.21 bits per heavy atom. The molecule has 1 saturated carbocycles. The molecule has 1 saturated heterocycles. The largest absolute Gasteiger partial charge is 0.384 e. The molecule has 6 heteroatoms. The number of rotatable bonds is 6. The Hall–Kier alpha value is -1.79. The van der Waals surface area contributed by atoms with Crippen molar-refractivity contribution >= 4 is 0 Å². The van der Waals surface area contributed by atoms with E-state index in [-0.39, 0.29) is 16.8 Å². The van der Waals surface area contributed by atoms with Crippen molar-refractivity contribution in [3.8, 4) is 0 Å². The molecule has 24 heavy (non-hydrogen) atoms. The molecule has 1 aliphatic carbocycles. The van der Waals surface area contributed by atoms with Gasteiger partial charge in [-0.1, -0.05) is 12.1 Å². The highest BCUT2D eigenvalue weighted by atomic mass is 19.1. The average molecular weight is 331 g/mol. The molecule has 1 aliphatic heterocycles. The maximum Gasteiger partial charge on any atom is 0.137 e. The zero-order valence-corrected chi connectivity index (χ0v) is 13.8. The first-order valence-corrected chi connectivity index (χ1v) is 8.37. The predicted molar refractivity (Wildman–Crippen MR) is 85.8 cm³/mol. The molecule has 5 nitrogen and oxygen atoms in total. The lowest BCUT2D eigenvalue weighted by molar-refractivity contribution is -0.288. The van der Waals surface area contributed by atoms with Gasteiger partial charge in [-0.3, -0.25) is 4.68 Å². The van der Waals surface area contributed by atoms with Gasteiger partial charge in [0.05, 0.1) is 19.8 Å². The quantitative estimate of drug-likeness (QED) is 0.816. The van der Waals surface area contributed by atoms with Crippen LogP contribution in [0.4, 0.5) is 4.39 Å². The molecule has 0 radical (unpaired) electrons. The van der Waals surface area contributed by atoms with E-state index in [0.717, 1.165) is 31.4 Å². The minimum absolute atomic E-state index is 0.0401. The van der Waals surface area contributed by atoms with Gasteiger partial charge in [0.1, 0.15) is 24.1 Å². The van der Waals surface area contributed by atoms with Crippen LogP contribution in [0.3, 0.4) is 0 Å². The van der Waals surface area contributed by atoms with Crippen LogP contribution in [-0.4, -0.2) is 40.7 Å². The van der Waals surface area contributed by atoms with Gasteiger partial charge in [-0.15, -0.1) is 0 Å². The number of aromatic nitrogens is 3. The van der Waals surface area contributed by atoms with Crippen LogP contribution in [0.1, 0.15) is 18.4 Å². The molecule has 4 rings (SSSR count). The van der Waals surface area contributed by atoms with Crippen molar-refractivity contribution < 1.29 is 13.9 Å². The number of ether oxygens (including phenoxy) is 2. The Balaban J connectivity index is 1.62. The molecule has 3 unspecified atom stereocenters. The first kappa shape index (κ1) is 15.7. The fourth-order valence-corrected chi connectivity index (χ4v) is 4.56. The zero-order chi connectivity index (χ0) is 16.6. The van der Waals surface area contributed by atoms with Crippen LogP contribution >= 0.6 is 0 Å². The summed E-state index contributed by atoms with van der Waals surface area (Å²) in [5, 5.41) is 4.27. The van der Waals surface area contributed by atoms with Crippen LogP contribution in [0.2, 0.25) is 0 Å². The fourth-order valence-electron chi connectivity index (χ4n) is 4.56. The van der Waals surface area contributed by atoms with Crippen LogP contribution in [-0.2, 0) is 22.4 Å². The Bertz CT molecular complexity index is 691. The summed E-state index contributed by atoms with van der Waals surface area (Å²) >= 11 is 0. The molecule has 0 spiro atoms. The Morgan fingerprint density at radius 1 is 1.38 bits per heavy atom. The third-order valence-electron chi connectivity index (χ3n) is 5.81. The van der Waals surface area contributed by atoms with Crippen molar-refractivity contribution in [1.82, 2.24) is 14.8 Å². The summed E-state index contributed by atoms with van der Waals surface area (Å²) in [6.45, 7) is 2.11. The van der Waals surface area contributed by atoms with E-state index >= 15 is 0 Å². The van der Waals surface area contributed by atoms with Crippen LogP contribution in [0.5, 0.6) is 0 Å². The number of benzene rings is 1. The Morgan fingerprint density at radius 3 is 2.83 bits per heavy atom. The fraction of sp³-hybridized carbons (Fsp3) is 0.556. The van der Waals surface area contributed by atoms with E-state index in [1.807, 2.05) is 16.8 Å². The van der Waals surface area contributed by atoms with Gasteiger partial charge in [0.15, 0.2) is 0 Å². The molecule has 2 fully saturated rings. The van der Waals surface area contributed by atoms with E-state index in [4.69, 9.17) is 9.47 Å². The lowest BCUT2D eigenvalue weighted by Crippen LogP contribution is -2.66. The SMILES string of the molecule is COCC12CCC(Cc3ccc(F)cc3)C1(Cn1cncn1)OC2. The molecule has 2 heterocycles. The van der Waals surface area contributed by atoms with E-state index < -0.39 is 0 Å². The topological polar surface area (TPSA) is 49.2 Å². The average Bonchev–Trinajstić information content (AvgIpc) is 3.14. The number of halogens is 1. The summed E-state index contributed by atoms with van der Waals surface area (Å²) in [7, 11) is 1.75. The highest BCUT2D eigenvalue weighted by molar-refractivity contribution is 5.22. The number of hydrogen-bond donors (Lipinski definition) is 0. The van der Waals surface area contributed by atoms with E-state index in [0.29, 0.717) is 19.1 Å². The molecule has 0 bridgehead atoms. The molecular formula is C18H22FN3O2. The molecule has 3 atom stereocenters. The molecule has 0 N–H and O–H groups in total. The smallest absolute Gasteiger partial charge is 0.137 e. The minimum Gasteiger partial charge on any atom is -0.384 e. The summed E-state index contributed by atoms with van der Waals surface area (Å²) in [6, 6.07) is 6.79. The van der Waals surface area contributed by atoms with Gasteiger partial charge < -0.3 is 9.47 Å². The first-order valence-electron chi connectivity index (χ1n) is 8.37. The van der Waals surface area contributed by atoms with Crippen molar-refractivity contribution in [2.45, 2.75) is 31.4 Å². The van der Waals surface area contributed by atoms with Crippen molar-refractivity contribution in [3.63, 3.8) is 0 Å². The van der Waals surface area contributed by atoms with Gasteiger partial charge in [0.25, 0.3) is 0 Å². The van der Waals surface area contributed by atoms with Crippen LogP contribution < -0.4 is 0 Å². The highest BCUT2D eigenvalue weighted by Gasteiger charge is 2.68. The molecule has 2 aliphatic rings. The van der Waals surface area contributed by atoms with Crippen molar-refractivity contribution in [2.24, 2.45) is 11.3 Å². The second kappa shape index (κ2) is 5.93. The Kier molecular flexibility index (Phi) is 3.89. The van der Waals surface area contributed by atoms with E-state index in [1.54, 1.807) is 19.8 Å². The van der Waals surface area contributed by atoms with E-state index in [9.17, 15) is 4.39 Å². The van der Waals surface area contributed by atoms with Crippen LogP contribution in [0, 0.1) is 17.2 Å². The maximum atomic E-state index is 13.2. The summed E-state index contributed by atoms with van der Waals surface area (Å²) in [5.74, 6) is 0.159. The standard InChI is InChI=1S/C18H22FN3O2/c1-23-10-17-7-6-15(8-14-2-4-16(19)5-3-14)18(17,24-11-17)9-22-13-20-12-21-22/h2-5,12-13,15H,6-11H2,1H3. The normalized spacial score (nSPS) is 31.7. The summed E-state index contributed by atoms with van der Waals surface area (Å²) in [6.07, 6.45) is 6.33. The summed E-state index contributed by atoms with van der Waals surface area (Å²) in [4.78, 5) is 4.06. The monoisotopic (exact) mass is 331 g/mol. The van der Waals surface area contributed by atoms with Gasteiger partial charge in [-0.05, 0) is 42.9 Å². The van der Waals surface area contributed by atoms with Gasteiger partial charge in [-0.2, -0.15) is 5.10 Å². The number of nitrogens with zero attached hydrogens (tertiary/aromatic N) is 3. The molecule has 0 amide bonds. The summed E-state index contributed by atoms with van der Waals surface area (Å²) < 4.78 is 26.8. The third-order valence-corrected chi connectivity index (χ3v) is 5.81. The van der Waals surface area contributed by atoms with Gasteiger partial charge >= 0.3 is 0 Å². The summed E-state index contributed by atoms with van der Waals surface area (Å²) in [5.41, 5.74) is 0.895. The second-order valence-corrected chi connectivity index (χ2v) is 7.05. The molecule has 2 aromatic rings. The van der Waals surface area contributed by atoms with Gasteiger partial charge in [-0.25, -0.2) is 9.37 Å². The molecule has 1 aromatic heterocycles. The van der Waals surface area contributed by atoms with Crippen molar-refractivity contribution in [2.75, 3.05) is 20.3 Å². The van der Waals surface area contributed by atoms with Gasteiger partial charge in [0.2, 0.25) is 0 Å². The van der Waals surface area contributed by atoms with Crippen molar-refractivity contribution in [1.29, 1.82) is 0 Å². The van der Waals surface area contributed by atoms with E-state index in [1.165, 1.54) is 12.1 Å². The Labute approximate surface area is 140 Å². The molecule has 128 valence electrons. The molecule has 1 aromatic carbocycles. The number of methoxy groups -OCH3 is 1. The van der Waals surface area contributed by atoms with Crippen LogP contribution in [0.25, 0.3) is 0 Å². The van der Waals surface area contributed by atoms with Crippen molar-refractivity contribution in [3.05, 3.63) is 48.3 Å². The lowest BCUT2D eigenvalue weighted by atomic mass is 9.66. The second-order valence-electron chi connectivity index (χ2n) is 7.05. The minimum atomic E-state index is -0.287. The molecular weight excluding hydrogens is 309 g/mol. The maximum absolute atomic E-state index is 13.2. The van der Waals surface area contributed by atoms with E-state index in [2.05, 4.69) is 10.1 Å².